The number of nitrogens with one attached hydrogen (secondary N) is 2. The van der Waals surface area contributed by atoms with Crippen molar-refractivity contribution in [3.63, 3.8) is 0 Å². The van der Waals surface area contributed by atoms with Crippen molar-refractivity contribution in [2.75, 3.05) is 24.1 Å². The number of hydrogen-bond donors (Lipinski definition) is 3. The van der Waals surface area contributed by atoms with E-state index in [1.165, 1.54) is 6.07 Å². The van der Waals surface area contributed by atoms with Crippen LogP contribution in [0.2, 0.25) is 0 Å². The van der Waals surface area contributed by atoms with Gasteiger partial charge in [-0.05, 0) is 45.4 Å². The highest BCUT2D eigenvalue weighted by Gasteiger charge is 2.30. The molecule has 5 nitrogen and oxygen atoms in total. The van der Waals surface area contributed by atoms with Crippen molar-refractivity contribution in [3.05, 3.63) is 23.8 Å². The molecule has 4 N–H and O–H groups in total. The molecule has 0 saturated carbocycles. The molecule has 0 saturated heterocycles. The van der Waals surface area contributed by atoms with E-state index in [0.29, 0.717) is 25.2 Å². The summed E-state index contributed by atoms with van der Waals surface area (Å²) in [5.41, 5.74) is 4.71. The molecule has 0 aliphatic carbocycles. The van der Waals surface area contributed by atoms with Crippen molar-refractivity contribution in [1.82, 2.24) is 5.32 Å². The number of ether oxygens (including phenoxy) is 1. The first kappa shape index (κ1) is 18.9. The van der Waals surface area contributed by atoms with Gasteiger partial charge in [-0.15, -0.1) is 0 Å². The van der Waals surface area contributed by atoms with Crippen LogP contribution in [0.4, 0.5) is 29.3 Å². The van der Waals surface area contributed by atoms with Crippen molar-refractivity contribution in [2.24, 2.45) is 0 Å². The number of carbonyl (C=O) groups excluding carboxylic acids is 1. The Morgan fingerprint density at radius 2 is 1.87 bits per heavy atom. The molecule has 1 rings (SSSR count). The monoisotopic (exact) mass is 333 g/mol. The van der Waals surface area contributed by atoms with E-state index in [0.717, 1.165) is 12.1 Å². The van der Waals surface area contributed by atoms with E-state index in [1.807, 2.05) is 0 Å². The zero-order valence-corrected chi connectivity index (χ0v) is 13.4. The molecule has 8 heteroatoms. The normalized spacial score (nSPS) is 11.9. The fourth-order valence-electron chi connectivity index (χ4n) is 1.72. The lowest BCUT2D eigenvalue weighted by Gasteiger charge is -2.19. The minimum absolute atomic E-state index is 0.0277. The summed E-state index contributed by atoms with van der Waals surface area (Å²) in [7, 11) is 0. The first-order valence-electron chi connectivity index (χ1n) is 7.16. The van der Waals surface area contributed by atoms with Crippen LogP contribution in [0.1, 0.15) is 32.8 Å². The van der Waals surface area contributed by atoms with Gasteiger partial charge in [0.15, 0.2) is 0 Å². The van der Waals surface area contributed by atoms with Gasteiger partial charge in [-0.1, -0.05) is 0 Å². The highest BCUT2D eigenvalue weighted by atomic mass is 19.4. The summed E-state index contributed by atoms with van der Waals surface area (Å²) in [6.07, 6.45) is -4.35. The number of halogens is 3. The van der Waals surface area contributed by atoms with Gasteiger partial charge >= 0.3 is 12.3 Å². The predicted octanol–water partition coefficient (Wildman–Crippen LogP) is 3.61. The van der Waals surface area contributed by atoms with Crippen LogP contribution in [0.25, 0.3) is 0 Å². The van der Waals surface area contributed by atoms with Crippen LogP contribution in [0.3, 0.4) is 0 Å². The molecule has 0 aliphatic rings. The van der Waals surface area contributed by atoms with E-state index in [1.54, 1.807) is 20.8 Å². The molecule has 1 amide bonds. The maximum atomic E-state index is 12.5. The summed E-state index contributed by atoms with van der Waals surface area (Å²) >= 11 is 0. The van der Waals surface area contributed by atoms with Crippen LogP contribution < -0.4 is 16.4 Å². The van der Waals surface area contributed by atoms with Gasteiger partial charge in [-0.25, -0.2) is 4.79 Å². The lowest BCUT2D eigenvalue weighted by atomic mass is 10.1. The Hall–Kier alpha value is -2.12. The number of carbonyl (C=O) groups is 1. The number of amides is 1. The molecule has 0 unspecified atom stereocenters. The van der Waals surface area contributed by atoms with Crippen LogP contribution in [0.15, 0.2) is 18.2 Å². The van der Waals surface area contributed by atoms with Gasteiger partial charge in [-0.3, -0.25) is 0 Å². The van der Waals surface area contributed by atoms with Crippen molar-refractivity contribution < 1.29 is 22.7 Å². The molecular formula is C15H22F3N3O2. The second kappa shape index (κ2) is 7.43. The van der Waals surface area contributed by atoms with E-state index >= 15 is 0 Å². The van der Waals surface area contributed by atoms with E-state index in [2.05, 4.69) is 10.6 Å². The summed E-state index contributed by atoms with van der Waals surface area (Å²) in [4.78, 5) is 11.4. The van der Waals surface area contributed by atoms with E-state index in [-0.39, 0.29) is 5.69 Å². The van der Waals surface area contributed by atoms with Gasteiger partial charge in [0.1, 0.15) is 5.60 Å². The summed E-state index contributed by atoms with van der Waals surface area (Å²) < 4.78 is 42.6. The smallest absolute Gasteiger partial charge is 0.416 e. The van der Waals surface area contributed by atoms with Gasteiger partial charge in [0, 0.05) is 13.1 Å². The van der Waals surface area contributed by atoms with Crippen LogP contribution in [0, 0.1) is 0 Å². The number of anilines is 2. The number of nitrogen functional groups attached to an aromatic ring is 1. The minimum Gasteiger partial charge on any atom is -0.444 e. The number of benzene rings is 1. The third-order valence-corrected chi connectivity index (χ3v) is 2.72. The predicted molar refractivity (Wildman–Crippen MR) is 83.2 cm³/mol. The third-order valence-electron chi connectivity index (χ3n) is 2.72. The van der Waals surface area contributed by atoms with Gasteiger partial charge in [0.2, 0.25) is 0 Å². The molecule has 0 fully saturated rings. The van der Waals surface area contributed by atoms with Crippen LogP contribution in [0.5, 0.6) is 0 Å². The van der Waals surface area contributed by atoms with Crippen LogP contribution in [-0.2, 0) is 10.9 Å². The molecule has 0 aromatic heterocycles. The summed E-state index contributed by atoms with van der Waals surface area (Å²) in [6.45, 7) is 6.12. The Kier molecular flexibility index (Phi) is 6.12. The second-order valence-corrected chi connectivity index (χ2v) is 6.01. The van der Waals surface area contributed by atoms with Crippen LogP contribution >= 0.6 is 0 Å². The Morgan fingerprint density at radius 3 is 2.39 bits per heavy atom. The zero-order valence-electron chi connectivity index (χ0n) is 13.4. The van der Waals surface area contributed by atoms with Crippen molar-refractivity contribution in [2.45, 2.75) is 39.0 Å². The number of alkyl carbamates (subject to hydrolysis) is 1. The van der Waals surface area contributed by atoms with E-state index in [4.69, 9.17) is 10.5 Å². The first-order chi connectivity index (χ1) is 10.5. The minimum atomic E-state index is -4.41. The van der Waals surface area contributed by atoms with E-state index < -0.39 is 23.4 Å². The largest absolute Gasteiger partial charge is 0.444 e. The average molecular weight is 333 g/mol. The van der Waals surface area contributed by atoms with Crippen molar-refractivity contribution >= 4 is 17.5 Å². The maximum Gasteiger partial charge on any atom is 0.416 e. The Labute approximate surface area is 133 Å². The third kappa shape index (κ3) is 7.12. The molecule has 1 aromatic rings. The number of rotatable bonds is 5. The van der Waals surface area contributed by atoms with Crippen molar-refractivity contribution in [1.29, 1.82) is 0 Å². The Morgan fingerprint density at radius 1 is 1.22 bits per heavy atom. The molecule has 0 bridgehead atoms. The van der Waals surface area contributed by atoms with Gasteiger partial charge in [0.25, 0.3) is 0 Å². The van der Waals surface area contributed by atoms with E-state index in [9.17, 15) is 18.0 Å². The summed E-state index contributed by atoms with van der Waals surface area (Å²) in [5, 5.41) is 5.52. The fourth-order valence-corrected chi connectivity index (χ4v) is 1.72. The standard InChI is InChI=1S/C15H22F3N3O2/c1-14(2,3)23-13(22)21-8-4-7-20-12-6-5-10(9-11(12)19)15(16,17)18/h5-6,9,20H,4,7-8,19H2,1-3H3,(H,21,22). The molecule has 0 atom stereocenters. The Balaban J connectivity index is 2.35. The average Bonchev–Trinajstić information content (AvgIpc) is 2.36. The zero-order chi connectivity index (χ0) is 17.7. The van der Waals surface area contributed by atoms with Crippen LogP contribution in [-0.4, -0.2) is 24.8 Å². The molecule has 23 heavy (non-hydrogen) atoms. The number of nitrogens with two attached hydrogens (primary N) is 1. The molecule has 130 valence electrons. The molecule has 0 spiro atoms. The molecular weight excluding hydrogens is 311 g/mol. The molecule has 1 aromatic carbocycles. The summed E-state index contributed by atoms with van der Waals surface area (Å²) in [5.74, 6) is 0. The molecule has 0 heterocycles. The topological polar surface area (TPSA) is 76.4 Å². The maximum absolute atomic E-state index is 12.5. The highest BCUT2D eigenvalue weighted by molar-refractivity contribution is 5.68. The number of alkyl halides is 3. The van der Waals surface area contributed by atoms with Gasteiger partial charge < -0.3 is 21.1 Å². The quantitative estimate of drug-likeness (QED) is 0.568. The van der Waals surface area contributed by atoms with Gasteiger partial charge in [0.05, 0.1) is 16.9 Å². The summed E-state index contributed by atoms with van der Waals surface area (Å²) in [6, 6.07) is 3.15. The van der Waals surface area contributed by atoms with Gasteiger partial charge in [-0.2, -0.15) is 13.2 Å². The Bertz CT molecular complexity index is 540. The molecule has 0 aliphatic heterocycles. The lowest BCUT2D eigenvalue weighted by Crippen LogP contribution is -2.33. The highest BCUT2D eigenvalue weighted by Crippen LogP contribution is 2.32. The fraction of sp³-hybridized carbons (Fsp3) is 0.533. The SMILES string of the molecule is CC(C)(C)OC(=O)NCCCNc1ccc(C(F)(F)F)cc1N. The molecule has 0 radical (unpaired) electrons. The number of hydrogen-bond acceptors (Lipinski definition) is 4. The first-order valence-corrected chi connectivity index (χ1v) is 7.16. The lowest BCUT2D eigenvalue weighted by molar-refractivity contribution is -0.137. The van der Waals surface area contributed by atoms with Crippen molar-refractivity contribution in [3.8, 4) is 0 Å². The second-order valence-electron chi connectivity index (χ2n) is 6.01.